The van der Waals surface area contributed by atoms with Crippen LogP contribution in [0, 0.1) is 70.2 Å². The van der Waals surface area contributed by atoms with Gasteiger partial charge in [0, 0.05) is 95.7 Å². The Morgan fingerprint density at radius 3 is 1.14 bits per heavy atom. The largest absolute Gasteiger partial charge is 0.443 e. The highest BCUT2D eigenvalue weighted by Gasteiger charge is 2.74. The molecule has 0 radical (unpaired) electrons. The molecule has 4 aromatic rings. The molecule has 0 unspecified atom stereocenters. The Kier molecular flexibility index (Phi) is 32.0. The number of hydrogen-bond donors (Lipinski definition) is 2. The van der Waals surface area contributed by atoms with Crippen LogP contribution in [0.3, 0.4) is 0 Å². The number of halogens is 14. The van der Waals surface area contributed by atoms with Crippen molar-refractivity contribution in [3.05, 3.63) is 136 Å². The Morgan fingerprint density at radius 2 is 0.802 bits per heavy atom. The van der Waals surface area contributed by atoms with Crippen LogP contribution in [-0.2, 0) is 55.4 Å². The number of fused-ring (bicyclic) bond motifs is 4. The number of thioether (sulfide) groups is 4. The van der Waals surface area contributed by atoms with E-state index in [4.69, 9.17) is 44.9 Å². The maximum absolute atomic E-state index is 16.0. The Morgan fingerprint density at radius 1 is 0.476 bits per heavy atom. The van der Waals surface area contributed by atoms with Gasteiger partial charge in [0.15, 0.2) is 72.2 Å². The van der Waals surface area contributed by atoms with Gasteiger partial charge < -0.3 is 44.7 Å². The van der Waals surface area contributed by atoms with Crippen molar-refractivity contribution >= 4 is 122 Å². The van der Waals surface area contributed by atoms with Gasteiger partial charge in [-0.05, 0) is 176 Å². The van der Waals surface area contributed by atoms with Crippen molar-refractivity contribution in [2.24, 2.45) is 49.4 Å². The number of amides is 3. The molecule has 0 spiro atoms. The van der Waals surface area contributed by atoms with E-state index in [9.17, 15) is 76.3 Å². The SMILES string of the molecule is C.CC(C)(C)OC(=O)N(COCC[Si](C)(C)C)C1=N[C@](C)(c2cccc(F)c2F)[C@@H]2C[C@H](F)[C@]2(F)S1.CC(C)(C)OC(=O)N(COCC[Si](C)(C)C)C1=N[C@](C)(c2cccc(F)c2F)[C@@H]2C[C@]2(C(F)F)S1.CC(C)(C)OC(=O)N(COCC[Si](C)(C)C)C1=N[C@](C)(c2cccc(F)c2F)[C@@H]2C[C@]2(C=O)S1.C[C@]1(c2cc(N)cc(F)c2F)N=C(N)S[C@@]2(C(F)F)C[C@@H]12. The van der Waals surface area contributed by atoms with Crippen molar-refractivity contribution in [2.45, 2.75) is 277 Å². The second-order valence-electron chi connectivity index (χ2n) is 39.9. The van der Waals surface area contributed by atoms with Crippen molar-refractivity contribution in [1.82, 2.24) is 14.7 Å². The molecule has 4 aliphatic heterocycles. The first-order valence-corrected chi connectivity index (χ1v) is 55.3. The Hall–Kier alpha value is -6.41. The number of aliphatic imine (C=N–C) groups is 4. The maximum atomic E-state index is 16.0. The average Bonchev–Trinajstić information content (AvgIpc) is 1.37. The third-order valence-corrected chi connectivity index (χ3v) is 33.3. The number of nitrogen functional groups attached to an aromatic ring is 1. The fourth-order valence-corrected chi connectivity index (χ4v) is 23.3. The molecule has 40 heteroatoms. The number of benzene rings is 4. The van der Waals surface area contributed by atoms with Gasteiger partial charge in [-0.1, -0.05) is 138 Å². The summed E-state index contributed by atoms with van der Waals surface area (Å²) in [6.45, 7) is 41.7. The quantitative estimate of drug-likeness (QED) is 0.0142. The summed E-state index contributed by atoms with van der Waals surface area (Å²) < 4.78 is 231. The van der Waals surface area contributed by atoms with Gasteiger partial charge in [0.25, 0.3) is 12.9 Å². The molecule has 4 saturated carbocycles. The van der Waals surface area contributed by atoms with Gasteiger partial charge >= 0.3 is 18.3 Å². The lowest BCUT2D eigenvalue weighted by atomic mass is 9.65. The van der Waals surface area contributed by atoms with E-state index in [0.29, 0.717) is 38.0 Å². The number of aldehydes is 1. The molecule has 4 aliphatic carbocycles. The fraction of sp³-hybridized carbons (Fsp3) is 0.628. The second-order valence-corrected chi connectivity index (χ2v) is 62.0. The molecule has 4 N–H and O–H groups in total. The van der Waals surface area contributed by atoms with Crippen LogP contribution in [0.4, 0.5) is 81.5 Å². The van der Waals surface area contributed by atoms with E-state index < -0.39 is 184 Å². The van der Waals surface area contributed by atoms with Crippen LogP contribution in [0.25, 0.3) is 0 Å². The molecule has 13 atom stereocenters. The van der Waals surface area contributed by atoms with Crippen LogP contribution in [0.15, 0.2) is 86.7 Å². The molecule has 12 rings (SSSR count). The van der Waals surface area contributed by atoms with Crippen LogP contribution in [0.1, 0.15) is 145 Å². The van der Waals surface area contributed by atoms with Crippen LogP contribution >= 0.6 is 47.0 Å². The van der Waals surface area contributed by atoms with Crippen molar-refractivity contribution < 1.29 is 109 Å². The van der Waals surface area contributed by atoms with E-state index in [1.165, 1.54) is 68.1 Å². The standard InChI is InChI=1S/2C24H34F4N2O3SSi.C24H34F2N2O4SSi.C13H13F4N3S.CH4/c1-22(2,3)33-21(31)30(14-32-11-12-35(5,6)7)20-29-23(4,15-9-8-10-16(25)18(15)26)17-13-24(17,34-20)19(27)28;1-22(2,3)33-21(31)30(14-32-11-12-35(5,6)7)20-29-23(4,15-9-8-10-16(25)19(15)27)17-13-18(26)24(17,28)34-20;1-22(2,3)32-21(30)28(15-31-11-12-34(5,6)7)20-27-23(4,18-13-24(18,14-29)33-20)16-9-8-10-17(25)19(16)26;1-12(6-2-5(18)3-7(14)9(6)15)8-4-13(8,10(16)17)21-11(19)20-12;/h8-10,17,19H,11-14H2,1-7H3;8-10,17-18H,11-14H2,1-7H3;8-10,14,18H,11-13,15H2,1-7H3;2-3,8,10H,4,18H2,1H3,(H2,19,20);1H4/t17-,23+,24-;17-,18-,23+,24+;18-,23+,24+;8-,12+,13-;/m0000./s1. The van der Waals surface area contributed by atoms with Gasteiger partial charge in [0.1, 0.15) is 49.5 Å². The first-order chi connectivity index (χ1) is 57.3. The van der Waals surface area contributed by atoms with Gasteiger partial charge in [-0.15, -0.1) is 0 Å². The number of ether oxygens (including phenoxy) is 6. The first-order valence-electron chi connectivity index (χ1n) is 40.9. The minimum Gasteiger partial charge on any atom is -0.443 e. The zero-order chi connectivity index (χ0) is 93.9. The predicted molar refractivity (Wildman–Crippen MR) is 479 cm³/mol. The summed E-state index contributed by atoms with van der Waals surface area (Å²) >= 11 is 3.23. The van der Waals surface area contributed by atoms with Gasteiger partial charge in [-0.2, -0.15) is 0 Å². The summed E-state index contributed by atoms with van der Waals surface area (Å²) in [5.41, 5.74) is 2.60. The van der Waals surface area contributed by atoms with Crippen molar-refractivity contribution in [3.8, 4) is 0 Å². The van der Waals surface area contributed by atoms with Gasteiger partial charge in [0.2, 0.25) is 0 Å². The van der Waals surface area contributed by atoms with E-state index >= 15 is 4.39 Å². The van der Waals surface area contributed by atoms with E-state index in [2.05, 4.69) is 73.9 Å². The molecule has 126 heavy (non-hydrogen) atoms. The zero-order valence-electron chi connectivity index (χ0n) is 74.5. The first kappa shape index (κ1) is 105. The lowest BCUT2D eigenvalue weighted by Crippen LogP contribution is -2.63. The molecule has 4 fully saturated rings. The molecule has 19 nitrogen and oxygen atoms in total. The van der Waals surface area contributed by atoms with Crippen LogP contribution in [0.5, 0.6) is 0 Å². The number of carbonyl (C=O) groups excluding carboxylic acids is 4. The van der Waals surface area contributed by atoms with E-state index in [1.54, 1.807) is 69.2 Å². The van der Waals surface area contributed by atoms with Crippen LogP contribution < -0.4 is 11.5 Å². The topological polar surface area (TPSA) is 235 Å². The van der Waals surface area contributed by atoms with Crippen LogP contribution in [0.2, 0.25) is 77.1 Å². The second kappa shape index (κ2) is 38.4. The summed E-state index contributed by atoms with van der Waals surface area (Å²) in [5, 5.41) is -2.56. The van der Waals surface area contributed by atoms with Crippen molar-refractivity contribution in [2.75, 3.05) is 45.7 Å². The molecule has 3 amide bonds. The molecule has 702 valence electrons. The Bertz CT molecular complexity index is 4800. The average molecular weight is 1920 g/mol. The molecule has 4 aromatic carbocycles. The fourth-order valence-electron chi connectivity index (χ4n) is 15.2. The minimum absolute atomic E-state index is 0. The van der Waals surface area contributed by atoms with Crippen molar-refractivity contribution in [3.63, 3.8) is 0 Å². The molecule has 0 bridgehead atoms. The van der Waals surface area contributed by atoms with E-state index in [1.807, 2.05) is 0 Å². The summed E-state index contributed by atoms with van der Waals surface area (Å²) in [6, 6.07) is 15.8. The number of carbonyl (C=O) groups is 4. The van der Waals surface area contributed by atoms with E-state index in [0.717, 1.165) is 93.8 Å². The van der Waals surface area contributed by atoms with E-state index in [-0.39, 0.29) is 101 Å². The predicted octanol–water partition coefficient (Wildman–Crippen LogP) is 23.0. The van der Waals surface area contributed by atoms with Crippen molar-refractivity contribution in [1.29, 1.82) is 0 Å². The number of alkyl halides is 6. The number of amidine groups is 4. The third-order valence-electron chi connectivity index (χ3n) is 22.6. The van der Waals surface area contributed by atoms with Gasteiger partial charge in [-0.3, -0.25) is 20.0 Å². The van der Waals surface area contributed by atoms with Crippen LogP contribution in [-0.4, -0.2) is 179 Å². The molecule has 8 aliphatic rings. The molecule has 4 heterocycles. The highest BCUT2D eigenvalue weighted by atomic mass is 32.2. The Balaban J connectivity index is 0.000000210. The molecule has 0 aromatic heterocycles. The van der Waals surface area contributed by atoms with Gasteiger partial charge in [0.05, 0.1) is 36.4 Å². The molecule has 0 saturated heterocycles. The summed E-state index contributed by atoms with van der Waals surface area (Å²) in [7, 11) is -4.20. The van der Waals surface area contributed by atoms with Gasteiger partial charge in [-0.25, -0.2) is 90.5 Å². The smallest absolute Gasteiger partial charge is 0.418 e. The monoisotopic (exact) mass is 1920 g/mol. The number of hydrogen-bond acceptors (Lipinski definition) is 20. The third kappa shape index (κ3) is 23.5. The number of anilines is 1. The molecular formula is C86H119F14N9O10S4Si3. The molecular weight excluding hydrogens is 1800 g/mol. The Labute approximate surface area is 749 Å². The number of nitrogens with zero attached hydrogens (tertiary/aromatic N) is 7. The summed E-state index contributed by atoms with van der Waals surface area (Å²) in [6.07, 6.45) is -8.29. The summed E-state index contributed by atoms with van der Waals surface area (Å²) in [5.74, 6) is -11.4. The lowest BCUT2D eigenvalue weighted by molar-refractivity contribution is -0.108. The minimum atomic E-state index is -2.76. The lowest BCUT2D eigenvalue weighted by Gasteiger charge is -2.55. The zero-order valence-corrected chi connectivity index (χ0v) is 80.7. The number of nitrogens with two attached hydrogens (primary N) is 2. The number of rotatable bonds is 22. The highest BCUT2D eigenvalue weighted by Crippen LogP contribution is 2.71. The maximum Gasteiger partial charge on any atom is 0.418 e. The normalized spacial score (nSPS) is 28.1. The highest BCUT2D eigenvalue weighted by molar-refractivity contribution is 8.16. The summed E-state index contributed by atoms with van der Waals surface area (Å²) in [4.78, 5) is 72.9.